The van der Waals surface area contributed by atoms with Crippen molar-refractivity contribution < 1.29 is 27.8 Å². The highest BCUT2D eigenvalue weighted by Gasteiger charge is 2.10. The van der Waals surface area contributed by atoms with Gasteiger partial charge in [-0.3, -0.25) is 9.59 Å². The fourth-order valence-corrected chi connectivity index (χ4v) is 2.79. The van der Waals surface area contributed by atoms with Gasteiger partial charge in [-0.2, -0.15) is 8.78 Å². The Bertz CT molecular complexity index is 753. The Labute approximate surface area is 153 Å². The lowest BCUT2D eigenvalue weighted by Gasteiger charge is -2.08. The van der Waals surface area contributed by atoms with Crippen LogP contribution in [0.5, 0.6) is 5.75 Å². The van der Waals surface area contributed by atoms with Gasteiger partial charge in [-0.1, -0.05) is 18.2 Å². The van der Waals surface area contributed by atoms with Gasteiger partial charge in [0.25, 0.3) is 5.91 Å². The van der Waals surface area contributed by atoms with Crippen LogP contribution in [0.4, 0.5) is 14.5 Å². The summed E-state index contributed by atoms with van der Waals surface area (Å²) in [7, 11) is 0. The first-order valence-electron chi connectivity index (χ1n) is 7.63. The number of anilines is 1. The number of nitrogens with one attached hydrogen (secondary N) is 1. The Hall–Kier alpha value is -2.61. The fraction of sp³-hybridized carbons (Fsp3) is 0.222. The molecule has 0 aliphatic carbocycles. The molecule has 0 saturated heterocycles. The SMILES string of the molecule is Cc1ccccc1SCC(=O)OCC(=O)Nc1ccc(OC(F)F)cc1. The summed E-state index contributed by atoms with van der Waals surface area (Å²) >= 11 is 1.34. The quantitative estimate of drug-likeness (QED) is 0.556. The molecule has 2 aromatic rings. The summed E-state index contributed by atoms with van der Waals surface area (Å²) in [6.45, 7) is -1.39. The zero-order chi connectivity index (χ0) is 18.9. The zero-order valence-corrected chi connectivity index (χ0v) is 14.7. The predicted molar refractivity (Wildman–Crippen MR) is 94.6 cm³/mol. The molecule has 0 saturated carbocycles. The second kappa shape index (κ2) is 9.76. The van der Waals surface area contributed by atoms with E-state index in [9.17, 15) is 18.4 Å². The Morgan fingerprint density at radius 1 is 1.12 bits per heavy atom. The van der Waals surface area contributed by atoms with E-state index in [1.165, 1.54) is 36.0 Å². The van der Waals surface area contributed by atoms with Gasteiger partial charge < -0.3 is 14.8 Å². The van der Waals surface area contributed by atoms with E-state index in [4.69, 9.17) is 4.74 Å². The molecule has 0 bridgehead atoms. The summed E-state index contributed by atoms with van der Waals surface area (Å²) in [5.41, 5.74) is 1.43. The molecule has 2 aromatic carbocycles. The lowest BCUT2D eigenvalue weighted by Crippen LogP contribution is -2.21. The second-order valence-corrected chi connectivity index (χ2v) is 6.18. The molecule has 0 fully saturated rings. The van der Waals surface area contributed by atoms with E-state index in [0.717, 1.165) is 10.5 Å². The van der Waals surface area contributed by atoms with Gasteiger partial charge in [0.1, 0.15) is 5.75 Å². The minimum absolute atomic E-state index is 0.0161. The van der Waals surface area contributed by atoms with Crippen molar-refractivity contribution in [2.75, 3.05) is 17.7 Å². The van der Waals surface area contributed by atoms with Crippen molar-refractivity contribution in [3.63, 3.8) is 0 Å². The topological polar surface area (TPSA) is 64.6 Å². The number of aryl methyl sites for hydroxylation is 1. The van der Waals surface area contributed by atoms with Gasteiger partial charge in [0.15, 0.2) is 6.61 Å². The number of hydrogen-bond acceptors (Lipinski definition) is 5. The maximum absolute atomic E-state index is 12.1. The molecule has 138 valence electrons. The van der Waals surface area contributed by atoms with Crippen molar-refractivity contribution in [1.29, 1.82) is 0 Å². The number of rotatable bonds is 8. The molecule has 2 rings (SSSR count). The van der Waals surface area contributed by atoms with E-state index in [1.807, 2.05) is 31.2 Å². The largest absolute Gasteiger partial charge is 0.455 e. The van der Waals surface area contributed by atoms with E-state index in [1.54, 1.807) is 0 Å². The Balaban J connectivity index is 1.72. The molecule has 0 radical (unpaired) electrons. The molecule has 0 aromatic heterocycles. The molecule has 1 amide bonds. The second-order valence-electron chi connectivity index (χ2n) is 5.17. The molecule has 26 heavy (non-hydrogen) atoms. The molecule has 5 nitrogen and oxygen atoms in total. The van der Waals surface area contributed by atoms with Gasteiger partial charge in [-0.25, -0.2) is 0 Å². The molecule has 0 unspecified atom stereocenters. The zero-order valence-electron chi connectivity index (χ0n) is 13.9. The van der Waals surface area contributed by atoms with E-state index >= 15 is 0 Å². The molecule has 1 N–H and O–H groups in total. The summed E-state index contributed by atoms with van der Waals surface area (Å²) < 4.78 is 33.2. The number of ether oxygens (including phenoxy) is 2. The van der Waals surface area contributed by atoms with Crippen molar-refractivity contribution in [2.24, 2.45) is 0 Å². The standard InChI is InChI=1S/C18H17F2NO4S/c1-12-4-2-3-5-15(12)26-11-17(23)24-10-16(22)21-13-6-8-14(9-7-13)25-18(19)20/h2-9,18H,10-11H2,1H3,(H,21,22). The molecule has 8 heteroatoms. The minimum atomic E-state index is -2.91. The highest BCUT2D eigenvalue weighted by Crippen LogP contribution is 2.21. The van der Waals surface area contributed by atoms with Crippen LogP contribution in [0.25, 0.3) is 0 Å². The molecule has 0 aliphatic rings. The smallest absolute Gasteiger partial charge is 0.387 e. The molecule has 0 spiro atoms. The number of amides is 1. The van der Waals surface area contributed by atoms with Crippen LogP contribution in [0, 0.1) is 6.92 Å². The summed E-state index contributed by atoms with van der Waals surface area (Å²) in [4.78, 5) is 24.5. The van der Waals surface area contributed by atoms with Gasteiger partial charge in [-0.05, 0) is 42.8 Å². The summed E-state index contributed by atoms with van der Waals surface area (Å²) in [6.07, 6.45) is 0. The molecular formula is C18H17F2NO4S. The first kappa shape index (κ1) is 19.7. The molecule has 0 aliphatic heterocycles. The van der Waals surface area contributed by atoms with Gasteiger partial charge in [0, 0.05) is 10.6 Å². The van der Waals surface area contributed by atoms with E-state index < -0.39 is 25.1 Å². The van der Waals surface area contributed by atoms with Gasteiger partial charge in [0.05, 0.1) is 5.75 Å². The third-order valence-corrected chi connectivity index (χ3v) is 4.32. The van der Waals surface area contributed by atoms with Gasteiger partial charge in [0.2, 0.25) is 0 Å². The number of carbonyl (C=O) groups is 2. The number of esters is 1. The highest BCUT2D eigenvalue weighted by molar-refractivity contribution is 8.00. The third kappa shape index (κ3) is 6.72. The summed E-state index contributed by atoms with van der Waals surface area (Å²) in [6, 6.07) is 13.1. The van der Waals surface area contributed by atoms with Gasteiger partial charge >= 0.3 is 12.6 Å². The average molecular weight is 381 g/mol. The van der Waals surface area contributed by atoms with E-state index in [0.29, 0.717) is 5.69 Å². The average Bonchev–Trinajstić information content (AvgIpc) is 2.60. The maximum atomic E-state index is 12.1. The van der Waals surface area contributed by atoms with E-state index in [-0.39, 0.29) is 11.5 Å². The first-order chi connectivity index (χ1) is 12.4. The lowest BCUT2D eigenvalue weighted by molar-refractivity contribution is -0.144. The highest BCUT2D eigenvalue weighted by atomic mass is 32.2. The molecular weight excluding hydrogens is 364 g/mol. The summed E-state index contributed by atoms with van der Waals surface area (Å²) in [5.74, 6) is -0.953. The van der Waals surface area contributed by atoms with E-state index in [2.05, 4.69) is 10.1 Å². The van der Waals surface area contributed by atoms with Crippen molar-refractivity contribution >= 4 is 29.3 Å². The van der Waals surface area contributed by atoms with Crippen LogP contribution < -0.4 is 10.1 Å². The van der Waals surface area contributed by atoms with Gasteiger partial charge in [-0.15, -0.1) is 11.8 Å². The van der Waals surface area contributed by atoms with Crippen molar-refractivity contribution in [3.05, 3.63) is 54.1 Å². The number of halogens is 2. The Kier molecular flexibility index (Phi) is 7.40. The molecule has 0 atom stereocenters. The van der Waals surface area contributed by atoms with Crippen LogP contribution in [0.2, 0.25) is 0 Å². The normalized spacial score (nSPS) is 10.5. The Morgan fingerprint density at radius 3 is 2.46 bits per heavy atom. The number of alkyl halides is 2. The molecule has 0 heterocycles. The monoisotopic (exact) mass is 381 g/mol. The number of benzene rings is 2. The first-order valence-corrected chi connectivity index (χ1v) is 8.61. The van der Waals surface area contributed by atoms with Crippen molar-refractivity contribution in [2.45, 2.75) is 18.4 Å². The lowest BCUT2D eigenvalue weighted by atomic mass is 10.2. The number of thioether (sulfide) groups is 1. The predicted octanol–water partition coefficient (Wildman–Crippen LogP) is 3.87. The van der Waals surface area contributed by atoms with Crippen LogP contribution >= 0.6 is 11.8 Å². The minimum Gasteiger partial charge on any atom is -0.455 e. The van der Waals surface area contributed by atoms with Crippen molar-refractivity contribution in [3.8, 4) is 5.75 Å². The van der Waals surface area contributed by atoms with Crippen LogP contribution in [-0.2, 0) is 14.3 Å². The maximum Gasteiger partial charge on any atom is 0.387 e. The Morgan fingerprint density at radius 2 is 1.81 bits per heavy atom. The van der Waals surface area contributed by atoms with Crippen LogP contribution in [0.1, 0.15) is 5.56 Å². The van der Waals surface area contributed by atoms with Crippen LogP contribution in [-0.4, -0.2) is 30.8 Å². The number of carbonyl (C=O) groups excluding carboxylic acids is 2. The van der Waals surface area contributed by atoms with Crippen molar-refractivity contribution in [1.82, 2.24) is 0 Å². The number of hydrogen-bond donors (Lipinski definition) is 1. The van der Waals surface area contributed by atoms with Crippen LogP contribution in [0.15, 0.2) is 53.4 Å². The summed E-state index contributed by atoms with van der Waals surface area (Å²) in [5, 5.41) is 2.49. The third-order valence-electron chi connectivity index (χ3n) is 3.17. The van der Waals surface area contributed by atoms with Crippen LogP contribution in [0.3, 0.4) is 0 Å². The fourth-order valence-electron chi connectivity index (χ4n) is 1.96.